The average Bonchev–Trinajstić information content (AvgIpc) is 3.98. The monoisotopic (exact) mass is 902 g/mol. The number of piperidine rings is 2. The predicted molar refractivity (Wildman–Crippen MR) is 250 cm³/mol. The SMILES string of the molecule is CC[C@@H]1C(=O)N(C)c2cnc(Nc3ccc(C(=O)NC4CCN(CCNCCCOCCC#Cc5cccc6c5CN(C5CCC(=O)NC5=O)C6=O)CC4)cc3OC)nc2N1C1CCCC1. The molecule has 1 aliphatic carbocycles. The first kappa shape index (κ1) is 46.4. The highest BCUT2D eigenvalue weighted by molar-refractivity contribution is 6.06. The van der Waals surface area contributed by atoms with Gasteiger partial charge in [-0.15, -0.1) is 0 Å². The minimum absolute atomic E-state index is 0.0715. The lowest BCUT2D eigenvalue weighted by Gasteiger charge is -2.43. The van der Waals surface area contributed by atoms with E-state index in [4.69, 9.17) is 14.5 Å². The normalized spacial score (nSPS) is 20.2. The Bertz CT molecular complexity index is 2350. The van der Waals surface area contributed by atoms with Crippen molar-refractivity contribution in [2.45, 2.75) is 108 Å². The van der Waals surface area contributed by atoms with Crippen LogP contribution in [0.4, 0.5) is 23.1 Å². The summed E-state index contributed by atoms with van der Waals surface area (Å²) >= 11 is 0. The van der Waals surface area contributed by atoms with Crippen molar-refractivity contribution in [3.8, 4) is 17.6 Å². The quantitative estimate of drug-likeness (QED) is 0.0861. The molecule has 1 saturated carbocycles. The number of anilines is 4. The number of fused-ring (bicyclic) bond motifs is 2. The number of carbonyl (C=O) groups excluding carboxylic acids is 5. The number of likely N-dealkylation sites (tertiary alicyclic amines) is 1. The van der Waals surface area contributed by atoms with Crippen LogP contribution in [0.1, 0.15) is 109 Å². The number of nitrogens with one attached hydrogen (secondary N) is 4. The van der Waals surface area contributed by atoms with Crippen molar-refractivity contribution in [3.63, 3.8) is 0 Å². The molecule has 17 heteroatoms. The molecule has 5 aliphatic rings. The summed E-state index contributed by atoms with van der Waals surface area (Å²) in [6, 6.07) is 10.3. The number of ether oxygens (including phenoxy) is 2. The second-order valence-corrected chi connectivity index (χ2v) is 17.7. The van der Waals surface area contributed by atoms with E-state index in [-0.39, 0.29) is 48.2 Å². The van der Waals surface area contributed by atoms with Crippen LogP contribution in [0.5, 0.6) is 5.75 Å². The molecule has 4 N–H and O–H groups in total. The number of carbonyl (C=O) groups is 5. The van der Waals surface area contributed by atoms with Gasteiger partial charge in [-0.25, -0.2) is 4.98 Å². The van der Waals surface area contributed by atoms with Crippen LogP contribution >= 0.6 is 0 Å². The molecule has 3 aromatic rings. The summed E-state index contributed by atoms with van der Waals surface area (Å²) in [5.41, 5.74) is 4.01. The lowest BCUT2D eigenvalue weighted by Crippen LogP contribution is -2.55. The van der Waals surface area contributed by atoms with Crippen molar-refractivity contribution in [1.82, 2.24) is 35.7 Å². The molecule has 5 heterocycles. The van der Waals surface area contributed by atoms with Crippen molar-refractivity contribution in [2.24, 2.45) is 0 Å². The molecule has 8 rings (SSSR count). The van der Waals surface area contributed by atoms with E-state index in [0.29, 0.717) is 73.2 Å². The van der Waals surface area contributed by atoms with E-state index >= 15 is 0 Å². The summed E-state index contributed by atoms with van der Waals surface area (Å²) < 4.78 is 11.5. The van der Waals surface area contributed by atoms with Gasteiger partial charge in [0.15, 0.2) is 5.82 Å². The lowest BCUT2D eigenvalue weighted by molar-refractivity contribution is -0.137. The van der Waals surface area contributed by atoms with E-state index in [0.717, 1.165) is 94.6 Å². The molecule has 350 valence electrons. The number of rotatable bonds is 17. The second kappa shape index (κ2) is 21.5. The third kappa shape index (κ3) is 10.5. The van der Waals surface area contributed by atoms with Gasteiger partial charge in [0, 0.05) is 88.0 Å². The van der Waals surface area contributed by atoms with Crippen molar-refractivity contribution in [2.75, 3.05) is 75.2 Å². The Labute approximate surface area is 386 Å². The third-order valence-corrected chi connectivity index (χ3v) is 13.5. The fourth-order valence-electron chi connectivity index (χ4n) is 9.82. The van der Waals surface area contributed by atoms with Gasteiger partial charge in [-0.05, 0) is 87.4 Å². The minimum Gasteiger partial charge on any atom is -0.495 e. The zero-order chi connectivity index (χ0) is 46.2. The van der Waals surface area contributed by atoms with Crippen LogP contribution in [0, 0.1) is 11.8 Å². The van der Waals surface area contributed by atoms with Crippen LogP contribution < -0.4 is 35.8 Å². The standard InChI is InChI=1S/C49H62N10O7/c1-4-39-48(64)56(2)41-30-51-49(55-44(41)59(39)35-13-5-6-14-35)53-38-17-16-33(29-42(38)65-3)45(61)52-34-20-24-57(25-21-34)26-23-50-22-10-28-66-27-8-7-11-32-12-9-15-36-37(32)31-58(47(36)63)40-18-19-43(60)54-46(40)62/h9,12,15-17,29-30,34-35,39-40,50H,4-6,8,10,13-14,18-28,31H2,1-3H3,(H,52,61)(H,51,53,55)(H,54,60,62)/t39-,40?/m1/s1. The van der Waals surface area contributed by atoms with Gasteiger partial charge in [-0.3, -0.25) is 29.3 Å². The van der Waals surface area contributed by atoms with Crippen molar-refractivity contribution in [1.29, 1.82) is 0 Å². The number of hydrogen-bond acceptors (Lipinski definition) is 13. The fraction of sp³-hybridized carbons (Fsp3) is 0.531. The summed E-state index contributed by atoms with van der Waals surface area (Å²) in [5, 5.41) is 12.4. The molecule has 4 aliphatic heterocycles. The molecule has 5 amide bonds. The molecule has 17 nitrogen and oxygen atoms in total. The third-order valence-electron chi connectivity index (χ3n) is 13.5. The molecule has 2 aromatic carbocycles. The summed E-state index contributed by atoms with van der Waals surface area (Å²) in [6.07, 6.45) is 10.5. The van der Waals surface area contributed by atoms with E-state index in [1.165, 1.54) is 0 Å². The highest BCUT2D eigenvalue weighted by Gasteiger charge is 2.42. The lowest BCUT2D eigenvalue weighted by atomic mass is 10.0. The van der Waals surface area contributed by atoms with Gasteiger partial charge in [-0.1, -0.05) is 37.7 Å². The molecule has 2 atom stereocenters. The number of amides is 5. The molecule has 0 radical (unpaired) electrons. The Hall–Kier alpha value is -6.09. The number of methoxy groups -OCH3 is 1. The smallest absolute Gasteiger partial charge is 0.255 e. The molecule has 0 spiro atoms. The van der Waals surface area contributed by atoms with Gasteiger partial charge in [0.05, 0.1) is 25.6 Å². The van der Waals surface area contributed by atoms with Gasteiger partial charge in [0.2, 0.25) is 23.7 Å². The predicted octanol–water partition coefficient (Wildman–Crippen LogP) is 4.13. The molecule has 2 saturated heterocycles. The Kier molecular flexibility index (Phi) is 15.1. The van der Waals surface area contributed by atoms with E-state index < -0.39 is 11.9 Å². The second-order valence-electron chi connectivity index (χ2n) is 17.7. The van der Waals surface area contributed by atoms with E-state index in [1.54, 1.807) is 48.4 Å². The fourth-order valence-corrected chi connectivity index (χ4v) is 9.82. The van der Waals surface area contributed by atoms with Crippen molar-refractivity contribution >= 4 is 52.7 Å². The highest BCUT2D eigenvalue weighted by atomic mass is 16.5. The van der Waals surface area contributed by atoms with Crippen LogP contribution in [0.2, 0.25) is 0 Å². The Morgan fingerprint density at radius 1 is 1.00 bits per heavy atom. The number of hydrogen-bond donors (Lipinski definition) is 4. The van der Waals surface area contributed by atoms with Gasteiger partial charge >= 0.3 is 0 Å². The maximum atomic E-state index is 13.4. The molecule has 0 bridgehead atoms. The van der Waals surface area contributed by atoms with Crippen molar-refractivity contribution in [3.05, 3.63) is 64.8 Å². The van der Waals surface area contributed by atoms with Crippen LogP contribution in [0.3, 0.4) is 0 Å². The van der Waals surface area contributed by atoms with E-state index in [2.05, 4.69) is 47.9 Å². The summed E-state index contributed by atoms with van der Waals surface area (Å²) in [6.45, 7) is 7.97. The number of likely N-dealkylation sites (N-methyl/N-ethyl adjacent to an activating group) is 1. The van der Waals surface area contributed by atoms with Gasteiger partial charge in [0.1, 0.15) is 23.5 Å². The molecule has 1 aromatic heterocycles. The first-order chi connectivity index (χ1) is 32.1. The van der Waals surface area contributed by atoms with Crippen LogP contribution in [-0.4, -0.2) is 134 Å². The summed E-state index contributed by atoms with van der Waals surface area (Å²) in [5.74, 6) is 7.02. The Balaban J connectivity index is 0.712. The van der Waals surface area contributed by atoms with Gasteiger partial charge in [0.25, 0.3) is 11.8 Å². The molecule has 3 fully saturated rings. The first-order valence-corrected chi connectivity index (χ1v) is 23.6. The van der Waals surface area contributed by atoms with Crippen LogP contribution in [0.15, 0.2) is 42.6 Å². The topological polar surface area (TPSA) is 191 Å². The summed E-state index contributed by atoms with van der Waals surface area (Å²) in [4.78, 5) is 81.1. The average molecular weight is 903 g/mol. The molecule has 66 heavy (non-hydrogen) atoms. The number of aromatic nitrogens is 2. The zero-order valence-corrected chi connectivity index (χ0v) is 38.3. The maximum Gasteiger partial charge on any atom is 0.255 e. The minimum atomic E-state index is -0.649. The largest absolute Gasteiger partial charge is 0.495 e. The molecular weight excluding hydrogens is 841 g/mol. The van der Waals surface area contributed by atoms with E-state index in [1.807, 2.05) is 25.1 Å². The highest BCUT2D eigenvalue weighted by Crippen LogP contribution is 2.40. The Morgan fingerprint density at radius 2 is 1.82 bits per heavy atom. The van der Waals surface area contributed by atoms with Crippen molar-refractivity contribution < 1.29 is 33.4 Å². The maximum absolute atomic E-state index is 13.4. The van der Waals surface area contributed by atoms with E-state index in [9.17, 15) is 24.0 Å². The summed E-state index contributed by atoms with van der Waals surface area (Å²) in [7, 11) is 3.37. The Morgan fingerprint density at radius 3 is 2.59 bits per heavy atom. The first-order valence-electron chi connectivity index (χ1n) is 23.6. The molecule has 1 unspecified atom stereocenters. The zero-order valence-electron chi connectivity index (χ0n) is 38.3. The van der Waals surface area contributed by atoms with Crippen LogP contribution in [-0.2, 0) is 25.7 Å². The van der Waals surface area contributed by atoms with Gasteiger partial charge in [-0.2, -0.15) is 4.98 Å². The van der Waals surface area contributed by atoms with Crippen LogP contribution in [0.25, 0.3) is 0 Å². The van der Waals surface area contributed by atoms with Gasteiger partial charge < -0.3 is 45.0 Å². The number of nitrogens with zero attached hydrogens (tertiary/aromatic N) is 6. The number of benzene rings is 2. The molecular formula is C49H62N10O7. The number of imide groups is 1.